The second kappa shape index (κ2) is 6.62. The minimum atomic E-state index is -4.85. The maximum absolute atomic E-state index is 12.7. The number of nitrogens with two attached hydrogens (primary N) is 1. The number of rotatable bonds is 5. The van der Waals surface area contributed by atoms with Gasteiger partial charge in [-0.05, 0) is 38.2 Å². The molecule has 0 aromatic carbocycles. The molecule has 4 aliphatic carbocycles. The number of pyridine rings is 1. The van der Waals surface area contributed by atoms with E-state index in [0.29, 0.717) is 23.7 Å². The number of imidazole rings is 1. The van der Waals surface area contributed by atoms with Crippen molar-refractivity contribution in [1.82, 2.24) is 24.3 Å². The highest BCUT2D eigenvalue weighted by Crippen LogP contribution is 2.69. The van der Waals surface area contributed by atoms with E-state index in [2.05, 4.69) is 19.2 Å². The number of carbonyl (C=O) groups excluding carboxylic acids is 1. The number of hydrogen-bond acceptors (Lipinski definition) is 6. The van der Waals surface area contributed by atoms with Gasteiger partial charge >= 0.3 is 6.36 Å². The van der Waals surface area contributed by atoms with Crippen LogP contribution >= 0.6 is 0 Å². The Bertz CT molecular complexity index is 1120. The first-order valence-corrected chi connectivity index (χ1v) is 11.2. The molecule has 5 aliphatic rings. The zero-order valence-corrected chi connectivity index (χ0v) is 18.2. The van der Waals surface area contributed by atoms with E-state index < -0.39 is 12.1 Å². The average molecular weight is 462 g/mol. The fourth-order valence-electron chi connectivity index (χ4n) is 5.78. The Morgan fingerprint density at radius 1 is 1.18 bits per heavy atom. The van der Waals surface area contributed by atoms with Gasteiger partial charge in [-0.2, -0.15) is 0 Å². The van der Waals surface area contributed by atoms with Gasteiger partial charge in [0.05, 0.1) is 17.8 Å². The Morgan fingerprint density at radius 3 is 2.55 bits per heavy atom. The van der Waals surface area contributed by atoms with Crippen molar-refractivity contribution in [2.75, 3.05) is 32.4 Å². The molecule has 7 rings (SSSR count). The van der Waals surface area contributed by atoms with Crippen molar-refractivity contribution in [1.29, 1.82) is 0 Å². The number of anilines is 1. The number of hydrogen-bond donors (Lipinski definition) is 1. The molecule has 11 heteroatoms. The summed E-state index contributed by atoms with van der Waals surface area (Å²) in [6.07, 6.45) is 3.55. The van der Waals surface area contributed by atoms with Crippen LogP contribution in [0.4, 0.5) is 19.0 Å². The molecule has 0 radical (unpaired) electrons. The van der Waals surface area contributed by atoms with Crippen LogP contribution in [0.3, 0.4) is 0 Å². The molecule has 2 bridgehead atoms. The van der Waals surface area contributed by atoms with Gasteiger partial charge in [0.2, 0.25) is 5.91 Å². The van der Waals surface area contributed by atoms with Crippen LogP contribution < -0.4 is 10.5 Å². The van der Waals surface area contributed by atoms with Crippen LogP contribution in [0.5, 0.6) is 5.75 Å². The molecule has 0 unspecified atom stereocenters. The summed E-state index contributed by atoms with van der Waals surface area (Å²) in [5, 5.41) is 0. The van der Waals surface area contributed by atoms with E-state index in [1.165, 1.54) is 12.3 Å². The first kappa shape index (κ1) is 20.8. The van der Waals surface area contributed by atoms with Crippen molar-refractivity contribution in [3.63, 3.8) is 0 Å². The van der Waals surface area contributed by atoms with Crippen LogP contribution in [0, 0.1) is 0 Å². The van der Waals surface area contributed by atoms with Gasteiger partial charge in [-0.15, -0.1) is 13.2 Å². The summed E-state index contributed by atoms with van der Waals surface area (Å²) in [4.78, 5) is 25.0. The first-order chi connectivity index (χ1) is 15.6. The molecular weight excluding hydrogens is 437 g/mol. The van der Waals surface area contributed by atoms with Crippen LogP contribution in [0.15, 0.2) is 18.5 Å². The monoisotopic (exact) mass is 462 g/mol. The van der Waals surface area contributed by atoms with E-state index in [-0.39, 0.29) is 22.8 Å². The van der Waals surface area contributed by atoms with Gasteiger partial charge < -0.3 is 19.9 Å². The zero-order valence-electron chi connectivity index (χ0n) is 18.2. The Hall–Kier alpha value is -2.82. The number of carbonyl (C=O) groups is 1. The van der Waals surface area contributed by atoms with E-state index in [4.69, 9.17) is 10.7 Å². The normalized spacial score (nSPS) is 29.6. The summed E-state index contributed by atoms with van der Waals surface area (Å²) < 4.78 is 44.5. The van der Waals surface area contributed by atoms with Crippen molar-refractivity contribution >= 4 is 11.7 Å². The zero-order chi connectivity index (χ0) is 23.2. The highest BCUT2D eigenvalue weighted by Gasteiger charge is 2.72. The lowest BCUT2D eigenvalue weighted by Crippen LogP contribution is -2.80. The van der Waals surface area contributed by atoms with Crippen molar-refractivity contribution in [3.05, 3.63) is 24.3 Å². The molecule has 0 atom stereocenters. The number of halogens is 3. The summed E-state index contributed by atoms with van der Waals surface area (Å²) >= 11 is 0. The van der Waals surface area contributed by atoms with Crippen LogP contribution in [-0.2, 0) is 10.3 Å². The summed E-state index contributed by atoms with van der Waals surface area (Å²) in [6, 6.07) is 1.25. The number of alkyl halides is 3. The number of ether oxygens (including phenoxy) is 1. The predicted molar refractivity (Wildman–Crippen MR) is 112 cm³/mol. The van der Waals surface area contributed by atoms with Gasteiger partial charge in [0.1, 0.15) is 5.82 Å². The molecular formula is C22H25F3N6O2. The van der Waals surface area contributed by atoms with E-state index in [0.717, 1.165) is 51.0 Å². The second-order valence-corrected chi connectivity index (χ2v) is 10.00. The molecule has 5 fully saturated rings. The summed E-state index contributed by atoms with van der Waals surface area (Å²) in [6.45, 7) is 2.11. The van der Waals surface area contributed by atoms with E-state index >= 15 is 0 Å². The van der Waals surface area contributed by atoms with Gasteiger partial charge in [-0.1, -0.05) is 0 Å². The Labute approximate surface area is 188 Å². The number of nitrogen functional groups attached to an aromatic ring is 1. The van der Waals surface area contributed by atoms with Crippen LogP contribution in [0.1, 0.15) is 43.8 Å². The molecule has 8 nitrogen and oxygen atoms in total. The minimum Gasteiger partial charge on any atom is -0.402 e. The van der Waals surface area contributed by atoms with Crippen LogP contribution in [0.2, 0.25) is 0 Å². The van der Waals surface area contributed by atoms with Crippen molar-refractivity contribution in [2.24, 2.45) is 0 Å². The average Bonchev–Trinajstić information content (AvgIpc) is 3.43. The molecule has 33 heavy (non-hydrogen) atoms. The lowest BCUT2D eigenvalue weighted by molar-refractivity contribution is -0.274. The standard InChI is InChI=1S/C22H25F3N6O2/c1-29-4-5-30(9-17(29)32)20-10-21(11-20,12-20)31-8-15(28-19(31)13-2-3-13)14-6-16(18(26)27-7-14)33-22(23,24)25/h6-8,13H,2-5,9-12H2,1H3,(H2,26,27). The lowest BCUT2D eigenvalue weighted by atomic mass is 9.43. The molecule has 2 aromatic rings. The topological polar surface area (TPSA) is 89.5 Å². The maximum atomic E-state index is 12.7. The quantitative estimate of drug-likeness (QED) is 0.735. The largest absolute Gasteiger partial charge is 0.573 e. The Balaban J connectivity index is 1.26. The molecule has 1 aliphatic heterocycles. The van der Waals surface area contributed by atoms with Gasteiger partial charge in [0.15, 0.2) is 11.6 Å². The fraction of sp³-hybridized carbons (Fsp3) is 0.591. The van der Waals surface area contributed by atoms with E-state index in [9.17, 15) is 18.0 Å². The molecule has 1 amide bonds. The fourth-order valence-corrected chi connectivity index (χ4v) is 5.78. The summed E-state index contributed by atoms with van der Waals surface area (Å²) in [5.74, 6) is 0.688. The van der Waals surface area contributed by atoms with Gasteiger partial charge in [-0.3, -0.25) is 9.69 Å². The van der Waals surface area contributed by atoms with E-state index in [1.54, 1.807) is 4.90 Å². The van der Waals surface area contributed by atoms with Gasteiger partial charge in [-0.25, -0.2) is 9.97 Å². The Morgan fingerprint density at radius 2 is 1.91 bits per heavy atom. The third-order valence-corrected chi connectivity index (χ3v) is 7.69. The molecule has 2 N–H and O–H groups in total. The number of likely N-dealkylation sites (N-methyl/N-ethyl adjacent to an activating group) is 1. The molecule has 176 valence electrons. The number of piperazine rings is 1. The Kier molecular flexibility index (Phi) is 4.16. The molecule has 2 aromatic heterocycles. The number of aromatic nitrogens is 3. The van der Waals surface area contributed by atoms with Crippen molar-refractivity contribution < 1.29 is 22.7 Å². The summed E-state index contributed by atoms with van der Waals surface area (Å²) in [7, 11) is 1.84. The van der Waals surface area contributed by atoms with Crippen molar-refractivity contribution in [2.45, 2.75) is 55.5 Å². The minimum absolute atomic E-state index is 0.0257. The highest BCUT2D eigenvalue weighted by molar-refractivity contribution is 5.79. The molecule has 4 saturated carbocycles. The van der Waals surface area contributed by atoms with Crippen LogP contribution in [0.25, 0.3) is 11.3 Å². The third kappa shape index (κ3) is 3.27. The summed E-state index contributed by atoms with van der Waals surface area (Å²) in [5.41, 5.74) is 6.66. The maximum Gasteiger partial charge on any atom is 0.573 e. The number of amides is 1. The molecule has 0 spiro atoms. The number of nitrogens with zero attached hydrogens (tertiary/aromatic N) is 5. The third-order valence-electron chi connectivity index (χ3n) is 7.69. The van der Waals surface area contributed by atoms with Gasteiger partial charge in [0, 0.05) is 49.6 Å². The van der Waals surface area contributed by atoms with Crippen LogP contribution in [-0.4, -0.2) is 68.8 Å². The predicted octanol–water partition coefficient (Wildman–Crippen LogP) is 2.71. The molecule has 3 heterocycles. The van der Waals surface area contributed by atoms with E-state index in [1.807, 2.05) is 13.2 Å². The van der Waals surface area contributed by atoms with Crippen molar-refractivity contribution in [3.8, 4) is 17.0 Å². The molecule has 1 saturated heterocycles. The smallest absolute Gasteiger partial charge is 0.402 e. The SMILES string of the molecule is CN1CCN(C23CC(n4cc(-c5cnc(N)c(OC(F)(F)F)c5)nc4C4CC4)(C2)C3)CC1=O. The van der Waals surface area contributed by atoms with Gasteiger partial charge in [0.25, 0.3) is 0 Å². The first-order valence-electron chi connectivity index (χ1n) is 11.2. The lowest BCUT2D eigenvalue weighted by Gasteiger charge is -2.74. The highest BCUT2D eigenvalue weighted by atomic mass is 19.4. The second-order valence-electron chi connectivity index (χ2n) is 10.00.